The van der Waals surface area contributed by atoms with Crippen molar-refractivity contribution in [1.82, 2.24) is 9.66 Å². The van der Waals surface area contributed by atoms with Gasteiger partial charge in [-0.2, -0.15) is 9.78 Å². The van der Waals surface area contributed by atoms with E-state index in [1.165, 1.54) is 17.2 Å². The number of hydrogen-bond donors (Lipinski definition) is 0. The minimum atomic E-state index is -0.319. The number of halogens is 2. The Kier molecular flexibility index (Phi) is 7.65. The van der Waals surface area contributed by atoms with Crippen LogP contribution in [0, 0.1) is 5.82 Å². The summed E-state index contributed by atoms with van der Waals surface area (Å²) in [5.41, 5.74) is 1.67. The molecule has 0 spiro atoms. The standard InChI is InChI=1S/C29H27BrFN3O3/c1-36-27-15-19(11-14-26(27)37-18-21-9-5-6-10-24(21)31)17-32-34-28(20-7-3-2-4-8-20)33-25-13-12-22(30)16-23(25)29(34)35/h5-6,9-17,20H,2-4,7-8,18H2,1H3. The van der Waals surface area contributed by atoms with E-state index < -0.39 is 0 Å². The number of nitrogens with zero attached hydrogens (tertiary/aromatic N) is 3. The Labute approximate surface area is 222 Å². The molecule has 0 amide bonds. The first-order chi connectivity index (χ1) is 18.0. The SMILES string of the molecule is COc1cc(C=Nn2c(C3CCCCC3)nc3ccc(Br)cc3c2=O)ccc1OCc1ccccc1F. The monoisotopic (exact) mass is 563 g/mol. The summed E-state index contributed by atoms with van der Waals surface area (Å²) in [7, 11) is 1.54. The lowest BCUT2D eigenvalue weighted by molar-refractivity contribution is 0.279. The van der Waals surface area contributed by atoms with Gasteiger partial charge in [-0.3, -0.25) is 4.79 Å². The van der Waals surface area contributed by atoms with E-state index >= 15 is 0 Å². The second-order valence-corrected chi connectivity index (χ2v) is 10.0. The molecule has 1 aromatic heterocycles. The molecule has 0 aliphatic heterocycles. The van der Waals surface area contributed by atoms with E-state index in [2.05, 4.69) is 21.0 Å². The molecule has 3 aromatic carbocycles. The van der Waals surface area contributed by atoms with Gasteiger partial charge in [-0.15, -0.1) is 0 Å². The van der Waals surface area contributed by atoms with Crippen molar-refractivity contribution in [2.45, 2.75) is 44.6 Å². The summed E-state index contributed by atoms with van der Waals surface area (Å²) in [6, 6.07) is 17.4. The molecule has 1 heterocycles. The zero-order chi connectivity index (χ0) is 25.8. The van der Waals surface area contributed by atoms with Gasteiger partial charge in [-0.05, 0) is 60.9 Å². The molecule has 1 aliphatic carbocycles. The van der Waals surface area contributed by atoms with Crippen molar-refractivity contribution >= 4 is 33.0 Å². The summed E-state index contributed by atoms with van der Waals surface area (Å²) >= 11 is 3.46. The molecular weight excluding hydrogens is 537 g/mol. The fourth-order valence-electron chi connectivity index (χ4n) is 4.68. The van der Waals surface area contributed by atoms with Crippen LogP contribution in [0.2, 0.25) is 0 Å². The number of rotatable bonds is 7. The predicted octanol–water partition coefficient (Wildman–Crippen LogP) is 6.82. The van der Waals surface area contributed by atoms with Crippen molar-refractivity contribution in [3.63, 3.8) is 0 Å². The molecule has 0 N–H and O–H groups in total. The highest BCUT2D eigenvalue weighted by Crippen LogP contribution is 2.32. The predicted molar refractivity (Wildman–Crippen MR) is 146 cm³/mol. The van der Waals surface area contributed by atoms with Crippen molar-refractivity contribution in [3.05, 3.63) is 98.3 Å². The quantitative estimate of drug-likeness (QED) is 0.231. The molecule has 6 nitrogen and oxygen atoms in total. The molecule has 190 valence electrons. The first-order valence-electron chi connectivity index (χ1n) is 12.3. The maximum Gasteiger partial charge on any atom is 0.282 e. The maximum absolute atomic E-state index is 14.0. The molecule has 5 rings (SSSR count). The molecular formula is C29H27BrFN3O3. The smallest absolute Gasteiger partial charge is 0.282 e. The lowest BCUT2D eigenvalue weighted by atomic mass is 9.88. The highest BCUT2D eigenvalue weighted by Gasteiger charge is 2.22. The molecule has 0 atom stereocenters. The Bertz CT molecular complexity index is 1510. The van der Waals surface area contributed by atoms with Gasteiger partial charge >= 0.3 is 0 Å². The van der Waals surface area contributed by atoms with Crippen LogP contribution in [0.5, 0.6) is 11.5 Å². The van der Waals surface area contributed by atoms with Crippen molar-refractivity contribution in [1.29, 1.82) is 0 Å². The van der Waals surface area contributed by atoms with E-state index in [9.17, 15) is 9.18 Å². The van der Waals surface area contributed by atoms with Gasteiger partial charge in [0.25, 0.3) is 5.56 Å². The van der Waals surface area contributed by atoms with Crippen LogP contribution in [0.15, 0.2) is 75.0 Å². The van der Waals surface area contributed by atoms with Gasteiger partial charge < -0.3 is 9.47 Å². The second-order valence-electron chi connectivity index (χ2n) is 9.12. The van der Waals surface area contributed by atoms with Crippen LogP contribution in [0.25, 0.3) is 10.9 Å². The number of aromatic nitrogens is 2. The van der Waals surface area contributed by atoms with Gasteiger partial charge in [0, 0.05) is 16.0 Å². The van der Waals surface area contributed by atoms with Crippen molar-refractivity contribution in [2.75, 3.05) is 7.11 Å². The zero-order valence-electron chi connectivity index (χ0n) is 20.5. The molecule has 8 heteroatoms. The summed E-state index contributed by atoms with van der Waals surface area (Å²) in [5, 5.41) is 5.11. The third-order valence-electron chi connectivity index (χ3n) is 6.65. The van der Waals surface area contributed by atoms with Crippen LogP contribution in [0.1, 0.15) is 55.0 Å². The van der Waals surface area contributed by atoms with Crippen LogP contribution < -0.4 is 15.0 Å². The average molecular weight is 564 g/mol. The van der Waals surface area contributed by atoms with Crippen molar-refractivity contribution in [2.24, 2.45) is 5.10 Å². The normalized spacial score (nSPS) is 14.4. The van der Waals surface area contributed by atoms with Gasteiger partial charge in [0.15, 0.2) is 11.5 Å². The number of hydrogen-bond acceptors (Lipinski definition) is 5. The first-order valence-corrected chi connectivity index (χ1v) is 13.1. The number of fused-ring (bicyclic) bond motifs is 1. The summed E-state index contributed by atoms with van der Waals surface area (Å²) < 4.78 is 27.5. The van der Waals surface area contributed by atoms with E-state index in [0.717, 1.165) is 35.7 Å². The fourth-order valence-corrected chi connectivity index (χ4v) is 5.04. The lowest BCUT2D eigenvalue weighted by Gasteiger charge is -2.22. The van der Waals surface area contributed by atoms with Crippen LogP contribution in [0.4, 0.5) is 4.39 Å². The number of methoxy groups -OCH3 is 1. The second kappa shape index (κ2) is 11.3. The van der Waals surface area contributed by atoms with Gasteiger partial charge in [0.2, 0.25) is 0 Å². The Morgan fingerprint density at radius 1 is 1.08 bits per heavy atom. The fraction of sp³-hybridized carbons (Fsp3) is 0.276. The van der Waals surface area contributed by atoms with Gasteiger partial charge in [0.1, 0.15) is 18.2 Å². The van der Waals surface area contributed by atoms with Crippen molar-refractivity contribution in [3.8, 4) is 11.5 Å². The van der Waals surface area contributed by atoms with Crippen LogP contribution in [0.3, 0.4) is 0 Å². The Hall–Kier alpha value is -3.52. The van der Waals surface area contributed by atoms with E-state index in [4.69, 9.17) is 14.5 Å². The molecule has 0 radical (unpaired) electrons. The van der Waals surface area contributed by atoms with E-state index in [1.54, 1.807) is 49.7 Å². The molecule has 4 aromatic rings. The van der Waals surface area contributed by atoms with Gasteiger partial charge in [0.05, 0.1) is 24.2 Å². The summed E-state index contributed by atoms with van der Waals surface area (Å²) in [6.45, 7) is 0.0783. The highest BCUT2D eigenvalue weighted by atomic mass is 79.9. The van der Waals surface area contributed by atoms with E-state index in [0.29, 0.717) is 33.8 Å². The Morgan fingerprint density at radius 3 is 2.68 bits per heavy atom. The van der Waals surface area contributed by atoms with Crippen LogP contribution in [-0.2, 0) is 6.61 Å². The average Bonchev–Trinajstić information content (AvgIpc) is 2.93. The minimum absolute atomic E-state index is 0.0783. The molecule has 1 aliphatic rings. The Morgan fingerprint density at radius 2 is 1.89 bits per heavy atom. The number of ether oxygens (including phenoxy) is 2. The minimum Gasteiger partial charge on any atom is -0.493 e. The molecule has 37 heavy (non-hydrogen) atoms. The topological polar surface area (TPSA) is 65.7 Å². The van der Waals surface area contributed by atoms with E-state index in [-0.39, 0.29) is 23.9 Å². The molecule has 0 unspecified atom stereocenters. The lowest BCUT2D eigenvalue weighted by Crippen LogP contribution is -2.25. The zero-order valence-corrected chi connectivity index (χ0v) is 22.1. The summed E-state index contributed by atoms with van der Waals surface area (Å²) in [5.74, 6) is 1.55. The Balaban J connectivity index is 1.47. The third kappa shape index (κ3) is 5.59. The van der Waals surface area contributed by atoms with Crippen molar-refractivity contribution < 1.29 is 13.9 Å². The maximum atomic E-state index is 14.0. The third-order valence-corrected chi connectivity index (χ3v) is 7.15. The molecule has 0 bridgehead atoms. The van der Waals surface area contributed by atoms with Crippen LogP contribution in [-0.4, -0.2) is 23.0 Å². The van der Waals surface area contributed by atoms with Gasteiger partial charge in [-0.25, -0.2) is 9.37 Å². The summed E-state index contributed by atoms with van der Waals surface area (Å²) in [6.07, 6.45) is 7.05. The molecule has 1 fully saturated rings. The summed E-state index contributed by atoms with van der Waals surface area (Å²) in [4.78, 5) is 18.4. The highest BCUT2D eigenvalue weighted by molar-refractivity contribution is 9.10. The number of benzene rings is 3. The van der Waals surface area contributed by atoms with E-state index in [1.807, 2.05) is 18.2 Å². The van der Waals surface area contributed by atoms with Crippen LogP contribution >= 0.6 is 15.9 Å². The molecule has 1 saturated carbocycles. The first kappa shape index (κ1) is 25.1. The van der Waals surface area contributed by atoms with Gasteiger partial charge in [-0.1, -0.05) is 53.4 Å². The largest absolute Gasteiger partial charge is 0.493 e. The molecule has 0 saturated heterocycles.